The van der Waals surface area contributed by atoms with E-state index in [0.29, 0.717) is 0 Å². The zero-order valence-corrected chi connectivity index (χ0v) is 16.3. The minimum absolute atomic E-state index is 0.0429. The van der Waals surface area contributed by atoms with Crippen molar-refractivity contribution >= 4 is 57.6 Å². The molecule has 0 aliphatic heterocycles. The second-order valence-corrected chi connectivity index (χ2v) is 43.0. The van der Waals surface area contributed by atoms with E-state index >= 15 is 0 Å². The summed E-state index contributed by atoms with van der Waals surface area (Å²) in [5.41, 5.74) is 1.33. The van der Waals surface area contributed by atoms with Gasteiger partial charge in [-0.2, -0.15) is 0 Å². The van der Waals surface area contributed by atoms with Gasteiger partial charge in [-0.3, -0.25) is 0 Å². The zero-order valence-electron chi connectivity index (χ0n) is 8.23. The summed E-state index contributed by atoms with van der Waals surface area (Å²) in [5, 5.41) is 0. The van der Waals surface area contributed by atoms with Crippen LogP contribution in [0.1, 0.15) is 19.4 Å². The molecule has 4 heteroatoms. The fourth-order valence-corrected chi connectivity index (χ4v) is 0.889. The Labute approximate surface area is 124 Å². The van der Waals surface area contributed by atoms with Crippen molar-refractivity contribution in [3.05, 3.63) is 42.8 Å². The fourth-order valence-electron chi connectivity index (χ4n) is 0.889. The van der Waals surface area contributed by atoms with Crippen LogP contribution in [0, 0.1) is 6.92 Å². The van der Waals surface area contributed by atoms with E-state index in [4.69, 9.17) is 0 Å². The van der Waals surface area contributed by atoms with Crippen molar-refractivity contribution in [3.8, 4) is 0 Å². The summed E-state index contributed by atoms with van der Waals surface area (Å²) in [5.74, 6) is 0. The molecule has 1 aromatic rings. The predicted molar refractivity (Wildman–Crippen MR) is 86.9 cm³/mol. The van der Waals surface area contributed by atoms with Crippen LogP contribution in [0.15, 0.2) is 30.3 Å². The summed E-state index contributed by atoms with van der Waals surface area (Å²) in [4.78, 5) is 0. The molecule has 1 rings (SSSR count). The van der Waals surface area contributed by atoms with Crippen LogP contribution in [0.4, 0.5) is 0 Å². The number of hydrogen-bond donors (Lipinski definition) is 0. The summed E-state index contributed by atoms with van der Waals surface area (Å²) >= 11 is 7.45. The Morgan fingerprint density at radius 2 is 1.43 bits per heavy atom. The molecule has 0 fully saturated rings. The Kier molecular flexibility index (Phi) is 9.50. The third kappa shape index (κ3) is 9.36. The van der Waals surface area contributed by atoms with Gasteiger partial charge in [-0.05, 0) is 0 Å². The normalized spacial score (nSPS) is 10.1. The van der Waals surface area contributed by atoms with E-state index in [9.17, 15) is 0 Å². The zero-order chi connectivity index (χ0) is 11.2. The fraction of sp³-hybridized carbons (Fsp3) is 0.300. The van der Waals surface area contributed by atoms with Gasteiger partial charge in [0.25, 0.3) is 0 Å². The van der Waals surface area contributed by atoms with E-state index in [-0.39, 0.29) is 5.41 Å². The Morgan fingerprint density at radius 3 is 1.64 bits per heavy atom. The van der Waals surface area contributed by atoms with Gasteiger partial charge in [0.15, 0.2) is 0 Å². The van der Waals surface area contributed by atoms with Gasteiger partial charge in [0.2, 0.25) is 0 Å². The molecule has 0 aliphatic carbocycles. The van der Waals surface area contributed by atoms with E-state index in [0.717, 1.165) is 0 Å². The number of hydrogen-bond acceptors (Lipinski definition) is 0. The summed E-state index contributed by atoms with van der Waals surface area (Å²) in [7, 11) is 0. The number of halogens is 3. The van der Waals surface area contributed by atoms with Crippen molar-refractivity contribution < 1.29 is 6.63 Å². The molecule has 0 saturated carbocycles. The second-order valence-electron chi connectivity index (χ2n) is 3.46. The van der Waals surface area contributed by atoms with Crippen LogP contribution in [0.25, 0.3) is 0 Å². The van der Waals surface area contributed by atoms with Crippen LogP contribution >= 0.6 is 57.6 Å². The van der Waals surface area contributed by atoms with E-state index in [1.54, 1.807) is 0 Å². The Balaban J connectivity index is 0.000000364. The van der Waals surface area contributed by atoms with E-state index in [1.807, 2.05) is 18.2 Å². The van der Waals surface area contributed by atoms with Crippen molar-refractivity contribution in [1.82, 2.24) is 0 Å². The van der Waals surface area contributed by atoms with Gasteiger partial charge >= 0.3 is 64.2 Å². The first-order valence-corrected chi connectivity index (χ1v) is 19.2. The number of rotatable bonds is 1. The quantitative estimate of drug-likeness (QED) is 0.243. The van der Waals surface area contributed by atoms with Gasteiger partial charge in [-0.15, -0.1) is 5.41 Å². The van der Waals surface area contributed by atoms with Gasteiger partial charge in [0, 0.05) is 0 Å². The molecule has 0 aromatic heterocycles. The SMILES string of the molecule is [CH2-]C(C)(C)c1ccccc1.[I][Ti+]([I])[I]. The van der Waals surface area contributed by atoms with Crippen LogP contribution in [0.5, 0.6) is 0 Å². The summed E-state index contributed by atoms with van der Waals surface area (Å²) in [6.07, 6.45) is 0. The van der Waals surface area contributed by atoms with E-state index in [2.05, 4.69) is 90.5 Å². The average Bonchev–Trinajstić information content (AvgIpc) is 2.03. The molecule has 0 radical (unpaired) electrons. The third-order valence-corrected chi connectivity index (χ3v) is 1.56. The molecule has 14 heavy (non-hydrogen) atoms. The summed E-state index contributed by atoms with van der Waals surface area (Å²) in [6.45, 7) is 7.84. The third-order valence-electron chi connectivity index (χ3n) is 1.56. The van der Waals surface area contributed by atoms with Crippen molar-refractivity contribution in [3.63, 3.8) is 0 Å². The monoisotopic (exact) mass is 562 g/mol. The molecule has 0 amide bonds. The number of benzene rings is 1. The minimum atomic E-state index is -0.423. The van der Waals surface area contributed by atoms with Crippen LogP contribution < -0.4 is 0 Å². The Hall–Kier alpha value is 2.12. The van der Waals surface area contributed by atoms with Gasteiger partial charge in [-0.1, -0.05) is 49.7 Å². The molecule has 0 heterocycles. The molecular weight excluding hydrogens is 549 g/mol. The first-order valence-electron chi connectivity index (χ1n) is 4.08. The van der Waals surface area contributed by atoms with Gasteiger partial charge in [0.05, 0.1) is 0 Å². The van der Waals surface area contributed by atoms with Crippen LogP contribution in [0.3, 0.4) is 0 Å². The molecule has 1 aromatic carbocycles. The molecular formula is C10H13I3Ti. The Bertz CT molecular complexity index is 239. The molecule has 0 saturated heterocycles. The predicted octanol–water partition coefficient (Wildman–Crippen LogP) is 5.45. The molecule has 0 nitrogen and oxygen atoms in total. The second kappa shape index (κ2) is 8.25. The molecule has 0 spiro atoms. The van der Waals surface area contributed by atoms with Crippen molar-refractivity contribution in [1.29, 1.82) is 0 Å². The molecule has 0 atom stereocenters. The summed E-state index contributed by atoms with van der Waals surface area (Å²) in [6, 6.07) is 10.3. The van der Waals surface area contributed by atoms with Crippen molar-refractivity contribution in [2.45, 2.75) is 19.3 Å². The summed E-state index contributed by atoms with van der Waals surface area (Å²) < 4.78 is 0. The topological polar surface area (TPSA) is 0 Å². The molecule has 78 valence electrons. The molecule has 0 bridgehead atoms. The van der Waals surface area contributed by atoms with Gasteiger partial charge in [0.1, 0.15) is 0 Å². The first-order chi connectivity index (χ1) is 6.34. The first kappa shape index (κ1) is 16.1. The Morgan fingerprint density at radius 1 is 1.07 bits per heavy atom. The molecule has 0 unspecified atom stereocenters. The van der Waals surface area contributed by atoms with Crippen LogP contribution in [0.2, 0.25) is 0 Å². The van der Waals surface area contributed by atoms with E-state index < -0.39 is 6.63 Å². The van der Waals surface area contributed by atoms with Crippen LogP contribution in [-0.2, 0) is 12.0 Å². The van der Waals surface area contributed by atoms with Crippen molar-refractivity contribution in [2.75, 3.05) is 0 Å². The maximum atomic E-state index is 4.04. The van der Waals surface area contributed by atoms with Crippen LogP contribution in [-0.4, -0.2) is 0 Å². The average molecular weight is 562 g/mol. The standard InChI is InChI=1S/C10H13.3HI.Ti/c1-10(2,3)9-7-5-4-6-8-9;;;;/h4-8H,1H2,2-3H3;3*1H;/q-1;;;;+4/p-3. The molecule has 0 aliphatic rings. The molecule has 0 N–H and O–H groups in total. The van der Waals surface area contributed by atoms with Gasteiger partial charge < -0.3 is 6.92 Å². The van der Waals surface area contributed by atoms with Crippen molar-refractivity contribution in [2.24, 2.45) is 0 Å². The maximum absolute atomic E-state index is 4.04. The van der Waals surface area contributed by atoms with Gasteiger partial charge in [-0.25, -0.2) is 0 Å². The van der Waals surface area contributed by atoms with E-state index in [1.165, 1.54) is 5.56 Å².